The summed E-state index contributed by atoms with van der Waals surface area (Å²) in [6.07, 6.45) is 5.40. The first kappa shape index (κ1) is 12.5. The maximum Gasteiger partial charge on any atom is 0.304 e. The quantitative estimate of drug-likeness (QED) is 0.736. The van der Waals surface area contributed by atoms with Crippen molar-refractivity contribution in [1.29, 1.82) is 0 Å². The number of aliphatic carboxylic acids is 1. The van der Waals surface area contributed by atoms with Gasteiger partial charge in [0.15, 0.2) is 0 Å². The fourth-order valence-corrected chi connectivity index (χ4v) is 2.77. The van der Waals surface area contributed by atoms with Gasteiger partial charge in [0.1, 0.15) is 0 Å². The van der Waals surface area contributed by atoms with Crippen LogP contribution >= 0.6 is 0 Å². The van der Waals surface area contributed by atoms with Crippen LogP contribution in [0.3, 0.4) is 0 Å². The SMILES string of the molecule is CCC1CCCC1N(CC)CCC(=O)O. The van der Waals surface area contributed by atoms with Crippen LogP contribution in [0.15, 0.2) is 0 Å². The first-order valence-electron chi connectivity index (χ1n) is 6.14. The van der Waals surface area contributed by atoms with E-state index in [1.807, 2.05) is 0 Å². The maximum absolute atomic E-state index is 10.6. The van der Waals surface area contributed by atoms with E-state index in [9.17, 15) is 4.79 Å². The van der Waals surface area contributed by atoms with Crippen LogP contribution in [-0.2, 0) is 4.79 Å². The smallest absolute Gasteiger partial charge is 0.304 e. The Morgan fingerprint density at radius 3 is 2.67 bits per heavy atom. The van der Waals surface area contributed by atoms with E-state index in [1.54, 1.807) is 0 Å². The highest BCUT2D eigenvalue weighted by Crippen LogP contribution is 2.32. The lowest BCUT2D eigenvalue weighted by molar-refractivity contribution is -0.137. The predicted molar refractivity (Wildman–Crippen MR) is 60.9 cm³/mol. The molecule has 1 N–H and O–H groups in total. The number of hydrogen-bond donors (Lipinski definition) is 1. The zero-order valence-corrected chi connectivity index (χ0v) is 9.91. The van der Waals surface area contributed by atoms with Crippen molar-refractivity contribution in [1.82, 2.24) is 4.90 Å². The second-order valence-electron chi connectivity index (χ2n) is 4.44. The lowest BCUT2D eigenvalue weighted by atomic mass is 9.99. The highest BCUT2D eigenvalue weighted by Gasteiger charge is 2.29. The van der Waals surface area contributed by atoms with Crippen molar-refractivity contribution in [2.24, 2.45) is 5.92 Å². The van der Waals surface area contributed by atoms with Crippen molar-refractivity contribution >= 4 is 5.97 Å². The Balaban J connectivity index is 2.45. The minimum absolute atomic E-state index is 0.279. The van der Waals surface area contributed by atoms with Crippen LogP contribution in [0.1, 0.15) is 46.0 Å². The van der Waals surface area contributed by atoms with E-state index in [-0.39, 0.29) is 6.42 Å². The van der Waals surface area contributed by atoms with Crippen LogP contribution in [0.2, 0.25) is 0 Å². The van der Waals surface area contributed by atoms with Crippen LogP contribution < -0.4 is 0 Å². The van der Waals surface area contributed by atoms with Crippen molar-refractivity contribution in [3.05, 3.63) is 0 Å². The van der Waals surface area contributed by atoms with Gasteiger partial charge in [-0.2, -0.15) is 0 Å². The van der Waals surface area contributed by atoms with Gasteiger partial charge in [0.25, 0.3) is 0 Å². The van der Waals surface area contributed by atoms with Crippen LogP contribution in [0.5, 0.6) is 0 Å². The fraction of sp³-hybridized carbons (Fsp3) is 0.917. The lowest BCUT2D eigenvalue weighted by Gasteiger charge is -2.31. The minimum atomic E-state index is -0.681. The Kier molecular flexibility index (Phi) is 5.09. The summed E-state index contributed by atoms with van der Waals surface area (Å²) in [6, 6.07) is 0.638. The summed E-state index contributed by atoms with van der Waals surface area (Å²) >= 11 is 0. The highest BCUT2D eigenvalue weighted by molar-refractivity contribution is 5.66. The van der Waals surface area contributed by atoms with Crippen molar-refractivity contribution in [3.63, 3.8) is 0 Å². The van der Waals surface area contributed by atoms with E-state index < -0.39 is 5.97 Å². The standard InChI is InChI=1S/C12H23NO2/c1-3-10-6-5-7-11(10)13(4-2)9-8-12(14)15/h10-11H,3-9H2,1-2H3,(H,14,15). The largest absolute Gasteiger partial charge is 0.481 e. The van der Waals surface area contributed by atoms with Gasteiger partial charge in [-0.15, -0.1) is 0 Å². The van der Waals surface area contributed by atoms with Crippen LogP contribution in [0.4, 0.5) is 0 Å². The van der Waals surface area contributed by atoms with Gasteiger partial charge >= 0.3 is 5.97 Å². The van der Waals surface area contributed by atoms with E-state index in [2.05, 4.69) is 18.7 Å². The highest BCUT2D eigenvalue weighted by atomic mass is 16.4. The molecule has 1 saturated carbocycles. The fourth-order valence-electron chi connectivity index (χ4n) is 2.77. The summed E-state index contributed by atoms with van der Waals surface area (Å²) in [6.45, 7) is 6.07. The average Bonchev–Trinajstić information content (AvgIpc) is 2.66. The third kappa shape index (κ3) is 3.49. The Bertz CT molecular complexity index is 206. The number of rotatable bonds is 6. The lowest BCUT2D eigenvalue weighted by Crippen LogP contribution is -2.38. The third-order valence-corrected chi connectivity index (χ3v) is 3.63. The molecule has 0 aromatic rings. The van der Waals surface area contributed by atoms with Crippen molar-refractivity contribution < 1.29 is 9.90 Å². The number of carboxylic acid groups (broad SMARTS) is 1. The molecule has 1 aliphatic carbocycles. The molecule has 3 heteroatoms. The molecule has 0 aromatic carbocycles. The summed E-state index contributed by atoms with van der Waals surface area (Å²) in [5.74, 6) is 0.109. The van der Waals surface area contributed by atoms with Crippen LogP contribution in [0, 0.1) is 5.92 Å². The van der Waals surface area contributed by atoms with Crippen molar-refractivity contribution in [2.45, 2.75) is 52.0 Å². The van der Waals surface area contributed by atoms with Gasteiger partial charge in [0.05, 0.1) is 6.42 Å². The van der Waals surface area contributed by atoms with Gasteiger partial charge in [-0.25, -0.2) is 0 Å². The molecule has 2 atom stereocenters. The van der Waals surface area contributed by atoms with E-state index >= 15 is 0 Å². The summed E-state index contributed by atoms with van der Waals surface area (Å²) < 4.78 is 0. The molecular formula is C12H23NO2. The second-order valence-corrected chi connectivity index (χ2v) is 4.44. The monoisotopic (exact) mass is 213 g/mol. The summed E-state index contributed by atoms with van der Waals surface area (Å²) in [5, 5.41) is 8.70. The molecule has 1 fully saturated rings. The molecule has 88 valence electrons. The van der Waals surface area contributed by atoms with E-state index in [0.29, 0.717) is 12.6 Å². The minimum Gasteiger partial charge on any atom is -0.481 e. The first-order chi connectivity index (χ1) is 7.19. The number of hydrogen-bond acceptors (Lipinski definition) is 2. The average molecular weight is 213 g/mol. The molecule has 0 saturated heterocycles. The van der Waals surface area contributed by atoms with E-state index in [4.69, 9.17) is 5.11 Å². The first-order valence-corrected chi connectivity index (χ1v) is 6.14. The molecule has 0 bridgehead atoms. The number of nitrogens with zero attached hydrogens (tertiary/aromatic N) is 1. The zero-order valence-electron chi connectivity index (χ0n) is 9.91. The topological polar surface area (TPSA) is 40.5 Å². The zero-order chi connectivity index (χ0) is 11.3. The van der Waals surface area contributed by atoms with Crippen LogP contribution in [-0.4, -0.2) is 35.1 Å². The molecule has 0 amide bonds. The summed E-state index contributed by atoms with van der Waals surface area (Å²) in [4.78, 5) is 12.9. The molecule has 1 aliphatic rings. The van der Waals surface area contributed by atoms with Gasteiger partial charge in [-0.3, -0.25) is 9.69 Å². The Labute approximate surface area is 92.5 Å². The van der Waals surface area contributed by atoms with Gasteiger partial charge in [0.2, 0.25) is 0 Å². The van der Waals surface area contributed by atoms with Gasteiger partial charge in [-0.1, -0.05) is 26.7 Å². The molecule has 0 spiro atoms. The van der Waals surface area contributed by atoms with Gasteiger partial charge in [-0.05, 0) is 25.3 Å². The van der Waals surface area contributed by atoms with Crippen molar-refractivity contribution in [3.8, 4) is 0 Å². The summed E-state index contributed by atoms with van der Waals surface area (Å²) in [5.41, 5.74) is 0. The molecular weight excluding hydrogens is 190 g/mol. The molecule has 2 unspecified atom stereocenters. The predicted octanol–water partition coefficient (Wildman–Crippen LogP) is 2.36. The second kappa shape index (κ2) is 6.11. The molecule has 0 heterocycles. The molecule has 3 nitrogen and oxygen atoms in total. The van der Waals surface area contributed by atoms with Gasteiger partial charge < -0.3 is 5.11 Å². The number of carbonyl (C=O) groups is 1. The van der Waals surface area contributed by atoms with E-state index in [1.165, 1.54) is 25.7 Å². The Morgan fingerprint density at radius 2 is 2.13 bits per heavy atom. The normalized spacial score (nSPS) is 26.1. The molecule has 0 aromatic heterocycles. The molecule has 0 aliphatic heterocycles. The van der Waals surface area contributed by atoms with Crippen molar-refractivity contribution in [2.75, 3.05) is 13.1 Å². The molecule has 0 radical (unpaired) electrons. The van der Waals surface area contributed by atoms with E-state index in [0.717, 1.165) is 12.5 Å². The Morgan fingerprint density at radius 1 is 1.40 bits per heavy atom. The van der Waals surface area contributed by atoms with Gasteiger partial charge in [0, 0.05) is 12.6 Å². The molecule has 1 rings (SSSR count). The summed E-state index contributed by atoms with van der Waals surface area (Å²) in [7, 11) is 0. The number of carboxylic acids is 1. The maximum atomic E-state index is 10.6. The third-order valence-electron chi connectivity index (χ3n) is 3.63. The molecule has 15 heavy (non-hydrogen) atoms. The van der Waals surface area contributed by atoms with Crippen LogP contribution in [0.25, 0.3) is 0 Å². The Hall–Kier alpha value is -0.570.